The molecular weight excluding hydrogens is 1670 g/mol. The second kappa shape index (κ2) is 68.7. The molecule has 0 bridgehead atoms. The number of nitrogens with two attached hydrogens (primary N) is 9. The molecule has 0 aromatic carbocycles. The van der Waals surface area contributed by atoms with Gasteiger partial charge in [0.15, 0.2) is 0 Å². The van der Waals surface area contributed by atoms with Crippen LogP contribution in [-0.2, 0) is 81.5 Å². The van der Waals surface area contributed by atoms with E-state index in [0.29, 0.717) is 116 Å². The average molecular weight is 1840 g/mol. The number of carbonyl (C=O) groups excluding carboxylic acids is 17. The maximum atomic E-state index is 14.6. The van der Waals surface area contributed by atoms with Gasteiger partial charge in [-0.25, -0.2) is 0 Å². The van der Waals surface area contributed by atoms with E-state index < -0.39 is 191 Å². The zero-order valence-corrected chi connectivity index (χ0v) is 79.3. The average Bonchev–Trinajstić information content (AvgIpc) is 0.859. The van der Waals surface area contributed by atoms with E-state index in [0.717, 1.165) is 12.8 Å². The lowest BCUT2D eigenvalue weighted by atomic mass is 10.0. The Labute approximate surface area is 764 Å². The molecule has 17 amide bonds. The second-order valence-electron chi connectivity index (χ2n) is 35.4. The van der Waals surface area contributed by atoms with Crippen molar-refractivity contribution in [2.45, 2.75) is 373 Å². The van der Waals surface area contributed by atoms with Crippen LogP contribution in [0.15, 0.2) is 0 Å². The van der Waals surface area contributed by atoms with E-state index in [1.54, 1.807) is 41.5 Å². The van der Waals surface area contributed by atoms with Gasteiger partial charge in [-0.15, -0.1) is 0 Å². The lowest BCUT2D eigenvalue weighted by Crippen LogP contribution is -2.60. The first-order valence-electron chi connectivity index (χ1n) is 46.7. The highest BCUT2D eigenvalue weighted by atomic mass is 16.2. The Morgan fingerprint density at radius 2 is 0.333 bits per heavy atom. The minimum Gasteiger partial charge on any atom is -0.368 e. The van der Waals surface area contributed by atoms with Crippen LogP contribution in [-0.4, -0.2) is 249 Å². The van der Waals surface area contributed by atoms with Crippen molar-refractivity contribution in [2.24, 2.45) is 75.3 Å². The number of hydrogen-bond acceptors (Lipinski definition) is 25. The summed E-state index contributed by atoms with van der Waals surface area (Å²) < 4.78 is 0. The predicted octanol–water partition coefficient (Wildman–Crippen LogP) is -3.07. The quantitative estimate of drug-likeness (QED) is 0.0269. The highest BCUT2D eigenvalue weighted by Gasteiger charge is 2.38. The molecule has 129 heavy (non-hydrogen) atoms. The monoisotopic (exact) mass is 1830 g/mol. The molecule has 0 aliphatic carbocycles. The summed E-state index contributed by atoms with van der Waals surface area (Å²) in [4.78, 5) is 237. The van der Waals surface area contributed by atoms with Crippen LogP contribution in [0.2, 0.25) is 0 Å². The molecule has 16 atom stereocenters. The van der Waals surface area contributed by atoms with Gasteiger partial charge in [0, 0.05) is 6.42 Å². The summed E-state index contributed by atoms with van der Waals surface area (Å²) in [6.45, 7) is 23.8. The summed E-state index contributed by atoms with van der Waals surface area (Å²) in [6.07, 6.45) is 9.37. The third kappa shape index (κ3) is 52.3. The SMILES string of the molecule is CC(C)C[C@@H](NC(=O)[C@@H](CCCCN)NC(=O)CCCCCN)C(=O)N[C@H](C)C(=O)N[C@H](CCCCN)C(=O)N[C@H](CC(C)C)C(=O)N[C@H](C)C(=O)N[C@H](CCCCN)C(=O)N[C@H](CCCCN)C(=O)N[C@H](CC(C)C)C(=O)N[C@H](C)C(=O)N[C@H](CCCCN)C(=O)N[C@H](CC(C)C)C(=O)N[C@H](C)C(=O)N[C@H](CCCCN)C(=O)N[C@H](C)C(=O)N[C@H](CCCCN)C(N)=O. The first-order chi connectivity index (χ1) is 61.0. The molecule has 0 radical (unpaired) electrons. The molecule has 0 aliphatic rings. The molecule has 0 spiro atoms. The van der Waals surface area contributed by atoms with Crippen molar-refractivity contribution in [3.05, 3.63) is 0 Å². The van der Waals surface area contributed by atoms with Gasteiger partial charge in [-0.3, -0.25) is 81.5 Å². The largest absolute Gasteiger partial charge is 0.368 e. The number of carbonyl (C=O) groups is 17. The number of unbranched alkanes of at least 4 members (excludes halogenated alkanes) is 9. The van der Waals surface area contributed by atoms with E-state index in [1.165, 1.54) is 34.6 Å². The van der Waals surface area contributed by atoms with Crippen LogP contribution < -0.4 is 137 Å². The minimum atomic E-state index is -1.36. The Morgan fingerprint density at radius 1 is 0.178 bits per heavy atom. The van der Waals surface area contributed by atoms with Crippen molar-refractivity contribution >= 4 is 100 Å². The van der Waals surface area contributed by atoms with Crippen LogP contribution in [0.3, 0.4) is 0 Å². The van der Waals surface area contributed by atoms with Gasteiger partial charge < -0.3 is 137 Å². The fourth-order valence-electron chi connectivity index (χ4n) is 13.8. The Kier molecular flexibility index (Phi) is 63.7. The van der Waals surface area contributed by atoms with Gasteiger partial charge in [-0.2, -0.15) is 0 Å². The molecule has 742 valence electrons. The van der Waals surface area contributed by atoms with Crippen molar-refractivity contribution in [1.82, 2.24) is 85.1 Å². The van der Waals surface area contributed by atoms with Gasteiger partial charge in [0.1, 0.15) is 96.7 Å². The van der Waals surface area contributed by atoms with Crippen LogP contribution in [0, 0.1) is 23.7 Å². The van der Waals surface area contributed by atoms with Gasteiger partial charge in [-0.1, -0.05) is 61.8 Å². The zero-order valence-electron chi connectivity index (χ0n) is 79.3. The van der Waals surface area contributed by atoms with Crippen molar-refractivity contribution < 1.29 is 81.5 Å². The standard InChI is InChI=1S/C87H167N25O17/c1-51(2)47-67(109-79(121)61(32-17-25-41-90)102-71(113)38-15-14-23-39-88)84(126)99-58(12)76(118)106-64(35-20-28-44-93)82(124)111-69(49-53(5)6)86(128)100-57(11)75(117)105-63(34-19-27-43-92)80(122)108-66(37-22-30-46-95)83(125)112-70(50-54(7)8)87(129)101-59(13)77(119)107-65(36-21-29-45-94)81(123)110-68(48-52(3)4)85(127)98-56(10)74(116)104-62(33-18-26-42-91)78(120)97-55(9)73(115)103-60(72(96)114)31-16-24-40-89/h51-70H,14-50,88-95H2,1-13H3,(H2,96,114)(H,97,120)(H,98,127)(H,99,126)(H,100,128)(H,101,129)(H,102,113)(H,103,115)(H,104,116)(H,105,117)(H,106,118)(H,107,119)(H,108,122)(H,109,121)(H,110,123)(H,111,124)(H,112,125)/t55-,56-,57-,58-,59-,60-,61-,62-,63-,64-,65-,66-,67-,68-,69-,70-/m1/s1. The topological polar surface area (TPSA) is 717 Å². The molecule has 0 saturated carbocycles. The Balaban J connectivity index is 6.81. The van der Waals surface area contributed by atoms with Crippen molar-refractivity contribution in [2.75, 3.05) is 52.4 Å². The van der Waals surface area contributed by atoms with Crippen LogP contribution in [0.5, 0.6) is 0 Å². The summed E-state index contributed by atoms with van der Waals surface area (Å²) in [7, 11) is 0. The van der Waals surface area contributed by atoms with Crippen molar-refractivity contribution in [1.29, 1.82) is 0 Å². The molecule has 0 aromatic rings. The Hall–Kier alpha value is -9.33. The smallest absolute Gasteiger partial charge is 0.243 e. The van der Waals surface area contributed by atoms with Crippen molar-refractivity contribution in [3.63, 3.8) is 0 Å². The Bertz CT molecular complexity index is 3410. The van der Waals surface area contributed by atoms with Gasteiger partial charge in [-0.05, 0) is 284 Å². The second-order valence-corrected chi connectivity index (χ2v) is 35.4. The third-order valence-electron chi connectivity index (χ3n) is 21.3. The Morgan fingerprint density at radius 3 is 0.527 bits per heavy atom. The lowest BCUT2D eigenvalue weighted by molar-refractivity contribution is -0.136. The molecule has 0 heterocycles. The number of hydrogen-bond donors (Lipinski definition) is 25. The van der Waals surface area contributed by atoms with Crippen LogP contribution >= 0.6 is 0 Å². The fraction of sp³-hybridized carbons (Fsp3) is 0.805. The number of primary amides is 1. The van der Waals surface area contributed by atoms with Crippen LogP contribution in [0.25, 0.3) is 0 Å². The van der Waals surface area contributed by atoms with Crippen molar-refractivity contribution in [3.8, 4) is 0 Å². The minimum absolute atomic E-state index is 0.00947. The summed E-state index contributed by atoms with van der Waals surface area (Å²) in [5.41, 5.74) is 51.6. The van der Waals surface area contributed by atoms with Gasteiger partial charge >= 0.3 is 0 Å². The predicted molar refractivity (Wildman–Crippen MR) is 494 cm³/mol. The molecule has 0 aromatic heterocycles. The zero-order chi connectivity index (χ0) is 97.8. The van der Waals surface area contributed by atoms with E-state index in [1.807, 2.05) is 13.8 Å². The highest BCUT2D eigenvalue weighted by Crippen LogP contribution is 2.17. The van der Waals surface area contributed by atoms with Gasteiger partial charge in [0.05, 0.1) is 0 Å². The molecule has 42 nitrogen and oxygen atoms in total. The lowest BCUT2D eigenvalue weighted by Gasteiger charge is -2.28. The molecule has 34 N–H and O–H groups in total. The molecule has 0 saturated heterocycles. The van der Waals surface area contributed by atoms with E-state index in [-0.39, 0.29) is 139 Å². The highest BCUT2D eigenvalue weighted by molar-refractivity contribution is 6.01. The van der Waals surface area contributed by atoms with Gasteiger partial charge in [0.25, 0.3) is 0 Å². The summed E-state index contributed by atoms with van der Waals surface area (Å²) >= 11 is 0. The summed E-state index contributed by atoms with van der Waals surface area (Å²) in [6, 6.07) is -19.8. The third-order valence-corrected chi connectivity index (χ3v) is 21.3. The van der Waals surface area contributed by atoms with E-state index >= 15 is 0 Å². The summed E-state index contributed by atoms with van der Waals surface area (Å²) in [5.74, 6) is -13.3. The molecule has 0 rings (SSSR count). The molecular formula is C87H167N25O17. The first kappa shape index (κ1) is 120. The molecule has 0 unspecified atom stereocenters. The van der Waals surface area contributed by atoms with E-state index in [2.05, 4.69) is 85.1 Å². The maximum absolute atomic E-state index is 14.6. The normalized spacial score (nSPS) is 15.1. The molecule has 0 fully saturated rings. The number of rotatable bonds is 73. The molecule has 0 aliphatic heterocycles. The summed E-state index contributed by atoms with van der Waals surface area (Å²) in [5, 5.41) is 43.0. The fourth-order valence-corrected chi connectivity index (χ4v) is 13.8. The van der Waals surface area contributed by atoms with Crippen LogP contribution in [0.4, 0.5) is 0 Å². The first-order valence-corrected chi connectivity index (χ1v) is 46.7. The molecule has 42 heteroatoms. The van der Waals surface area contributed by atoms with E-state index in [4.69, 9.17) is 51.6 Å². The maximum Gasteiger partial charge on any atom is 0.243 e. The number of nitrogens with one attached hydrogen (secondary N) is 16. The van der Waals surface area contributed by atoms with E-state index in [9.17, 15) is 81.5 Å². The van der Waals surface area contributed by atoms with Gasteiger partial charge in [0.2, 0.25) is 100 Å². The number of amides is 17. The van der Waals surface area contributed by atoms with Crippen LogP contribution in [0.1, 0.15) is 276 Å².